The summed E-state index contributed by atoms with van der Waals surface area (Å²) in [6.45, 7) is 4.13. The van der Waals surface area contributed by atoms with E-state index in [9.17, 15) is 0 Å². The zero-order valence-electron chi connectivity index (χ0n) is 11.3. The molecule has 0 aliphatic rings. The van der Waals surface area contributed by atoms with Gasteiger partial charge in [0.1, 0.15) is 11.4 Å². The second-order valence-corrected chi connectivity index (χ2v) is 4.71. The van der Waals surface area contributed by atoms with Gasteiger partial charge in [0, 0.05) is 17.5 Å². The Morgan fingerprint density at radius 1 is 1.11 bits per heavy atom. The van der Waals surface area contributed by atoms with Gasteiger partial charge in [0.25, 0.3) is 0 Å². The topological polar surface area (TPSA) is 26.5 Å². The SMILES string of the molecule is COc1ccc(-c2cn3c(C)cccc3n2)cc1C. The maximum absolute atomic E-state index is 5.29. The molecule has 0 unspecified atom stereocenters. The second kappa shape index (κ2) is 4.43. The Labute approximate surface area is 112 Å². The van der Waals surface area contributed by atoms with Gasteiger partial charge in [-0.3, -0.25) is 0 Å². The minimum atomic E-state index is 0.906. The van der Waals surface area contributed by atoms with Gasteiger partial charge in [-0.25, -0.2) is 4.98 Å². The van der Waals surface area contributed by atoms with E-state index >= 15 is 0 Å². The van der Waals surface area contributed by atoms with Crippen LogP contribution in [0.1, 0.15) is 11.3 Å². The van der Waals surface area contributed by atoms with E-state index in [2.05, 4.69) is 34.6 Å². The van der Waals surface area contributed by atoms with E-state index < -0.39 is 0 Å². The van der Waals surface area contributed by atoms with Crippen molar-refractivity contribution in [2.24, 2.45) is 0 Å². The van der Waals surface area contributed by atoms with Crippen molar-refractivity contribution in [1.82, 2.24) is 9.38 Å². The number of nitrogens with zero attached hydrogens (tertiary/aromatic N) is 2. The highest BCUT2D eigenvalue weighted by Crippen LogP contribution is 2.26. The summed E-state index contributed by atoms with van der Waals surface area (Å²) in [6, 6.07) is 12.3. The minimum absolute atomic E-state index is 0.906. The summed E-state index contributed by atoms with van der Waals surface area (Å²) in [7, 11) is 1.69. The number of ether oxygens (including phenoxy) is 1. The highest BCUT2D eigenvalue weighted by atomic mass is 16.5. The molecular weight excluding hydrogens is 236 g/mol. The van der Waals surface area contributed by atoms with Crippen LogP contribution in [-0.2, 0) is 0 Å². The van der Waals surface area contributed by atoms with Gasteiger partial charge < -0.3 is 9.14 Å². The van der Waals surface area contributed by atoms with E-state index in [0.29, 0.717) is 0 Å². The first-order chi connectivity index (χ1) is 9.19. The highest BCUT2D eigenvalue weighted by Gasteiger charge is 2.07. The summed E-state index contributed by atoms with van der Waals surface area (Å²) in [6.07, 6.45) is 2.08. The first-order valence-corrected chi connectivity index (χ1v) is 6.29. The van der Waals surface area contributed by atoms with E-state index in [0.717, 1.165) is 28.2 Å². The lowest BCUT2D eigenvalue weighted by Gasteiger charge is -2.05. The molecule has 96 valence electrons. The van der Waals surface area contributed by atoms with Crippen molar-refractivity contribution in [2.75, 3.05) is 7.11 Å². The molecule has 0 aliphatic heterocycles. The normalized spacial score (nSPS) is 10.9. The van der Waals surface area contributed by atoms with Crippen molar-refractivity contribution < 1.29 is 4.74 Å². The quantitative estimate of drug-likeness (QED) is 0.696. The van der Waals surface area contributed by atoms with Crippen molar-refractivity contribution in [2.45, 2.75) is 13.8 Å². The number of hydrogen-bond acceptors (Lipinski definition) is 2. The van der Waals surface area contributed by atoms with E-state index in [1.807, 2.05) is 31.2 Å². The van der Waals surface area contributed by atoms with Crippen LogP contribution in [0.3, 0.4) is 0 Å². The molecule has 0 atom stereocenters. The summed E-state index contributed by atoms with van der Waals surface area (Å²) in [5.74, 6) is 0.906. The van der Waals surface area contributed by atoms with Gasteiger partial charge in [-0.05, 0) is 49.7 Å². The predicted molar refractivity (Wildman–Crippen MR) is 76.7 cm³/mol. The van der Waals surface area contributed by atoms with Crippen molar-refractivity contribution in [3.63, 3.8) is 0 Å². The predicted octanol–water partition coefficient (Wildman–Crippen LogP) is 3.63. The first kappa shape index (κ1) is 11.8. The van der Waals surface area contributed by atoms with Crippen LogP contribution >= 0.6 is 0 Å². The summed E-state index contributed by atoms with van der Waals surface area (Å²) >= 11 is 0. The Morgan fingerprint density at radius 3 is 2.63 bits per heavy atom. The third kappa shape index (κ3) is 1.97. The zero-order valence-corrected chi connectivity index (χ0v) is 11.3. The van der Waals surface area contributed by atoms with Crippen molar-refractivity contribution in [1.29, 1.82) is 0 Å². The van der Waals surface area contributed by atoms with Crippen molar-refractivity contribution in [3.8, 4) is 17.0 Å². The summed E-state index contributed by atoms with van der Waals surface area (Å²) in [5, 5.41) is 0. The number of imidazole rings is 1. The Balaban J connectivity index is 2.14. The van der Waals surface area contributed by atoms with Crippen LogP contribution < -0.4 is 4.74 Å². The monoisotopic (exact) mass is 252 g/mol. The van der Waals surface area contributed by atoms with Crippen LogP contribution in [-0.4, -0.2) is 16.5 Å². The number of aromatic nitrogens is 2. The van der Waals surface area contributed by atoms with Gasteiger partial charge in [-0.1, -0.05) is 6.07 Å². The number of pyridine rings is 1. The van der Waals surface area contributed by atoms with Crippen LogP contribution in [0.2, 0.25) is 0 Å². The zero-order chi connectivity index (χ0) is 13.4. The number of benzene rings is 1. The fourth-order valence-corrected chi connectivity index (χ4v) is 2.33. The number of fused-ring (bicyclic) bond motifs is 1. The molecule has 2 heterocycles. The molecule has 0 aliphatic carbocycles. The van der Waals surface area contributed by atoms with Gasteiger partial charge in [0.15, 0.2) is 0 Å². The molecule has 0 saturated heterocycles. The molecule has 0 amide bonds. The third-order valence-electron chi connectivity index (χ3n) is 3.39. The molecule has 19 heavy (non-hydrogen) atoms. The van der Waals surface area contributed by atoms with Crippen LogP contribution in [0.15, 0.2) is 42.6 Å². The van der Waals surface area contributed by atoms with Gasteiger partial charge in [0.2, 0.25) is 0 Å². The molecule has 0 bridgehead atoms. The highest BCUT2D eigenvalue weighted by molar-refractivity contribution is 5.65. The molecule has 3 heteroatoms. The average molecular weight is 252 g/mol. The number of hydrogen-bond donors (Lipinski definition) is 0. The maximum Gasteiger partial charge on any atom is 0.137 e. The van der Waals surface area contributed by atoms with Crippen molar-refractivity contribution in [3.05, 3.63) is 53.9 Å². The molecule has 0 N–H and O–H groups in total. The Kier molecular flexibility index (Phi) is 2.75. The molecule has 1 aromatic carbocycles. The number of methoxy groups -OCH3 is 1. The summed E-state index contributed by atoms with van der Waals surface area (Å²) < 4.78 is 7.39. The standard InChI is InChI=1S/C16H16N2O/c1-11-9-13(7-8-15(11)19-3)14-10-18-12(2)5-4-6-16(18)17-14/h4-10H,1-3H3. The largest absolute Gasteiger partial charge is 0.496 e. The molecular formula is C16H16N2O. The second-order valence-electron chi connectivity index (χ2n) is 4.71. The smallest absolute Gasteiger partial charge is 0.137 e. The van der Waals surface area contributed by atoms with Crippen LogP contribution in [0.25, 0.3) is 16.9 Å². The van der Waals surface area contributed by atoms with E-state index in [-0.39, 0.29) is 0 Å². The fraction of sp³-hybridized carbons (Fsp3) is 0.188. The van der Waals surface area contributed by atoms with E-state index in [1.165, 1.54) is 5.69 Å². The Hall–Kier alpha value is -2.29. The third-order valence-corrected chi connectivity index (χ3v) is 3.39. The number of aryl methyl sites for hydroxylation is 2. The first-order valence-electron chi connectivity index (χ1n) is 6.29. The fourth-order valence-electron chi connectivity index (χ4n) is 2.33. The van der Waals surface area contributed by atoms with Crippen LogP contribution in [0.4, 0.5) is 0 Å². The Morgan fingerprint density at radius 2 is 1.95 bits per heavy atom. The van der Waals surface area contributed by atoms with Crippen LogP contribution in [0, 0.1) is 13.8 Å². The lowest BCUT2D eigenvalue weighted by molar-refractivity contribution is 0.412. The molecule has 3 nitrogen and oxygen atoms in total. The van der Waals surface area contributed by atoms with E-state index in [4.69, 9.17) is 4.74 Å². The minimum Gasteiger partial charge on any atom is -0.496 e. The van der Waals surface area contributed by atoms with E-state index in [1.54, 1.807) is 7.11 Å². The summed E-state index contributed by atoms with van der Waals surface area (Å²) in [4.78, 5) is 4.66. The molecule has 3 rings (SSSR count). The lowest BCUT2D eigenvalue weighted by Crippen LogP contribution is -1.87. The molecule has 3 aromatic rings. The summed E-state index contributed by atoms with van der Waals surface area (Å²) in [5.41, 5.74) is 5.38. The maximum atomic E-state index is 5.29. The Bertz CT molecular complexity index is 744. The molecule has 0 fully saturated rings. The molecule has 0 radical (unpaired) electrons. The van der Waals surface area contributed by atoms with Gasteiger partial charge in [-0.2, -0.15) is 0 Å². The molecule has 0 spiro atoms. The average Bonchev–Trinajstić information content (AvgIpc) is 2.84. The lowest BCUT2D eigenvalue weighted by atomic mass is 10.1. The van der Waals surface area contributed by atoms with Crippen LogP contribution in [0.5, 0.6) is 5.75 Å². The van der Waals surface area contributed by atoms with Crippen molar-refractivity contribution >= 4 is 5.65 Å². The molecule has 0 saturated carbocycles. The number of rotatable bonds is 2. The van der Waals surface area contributed by atoms with Gasteiger partial charge >= 0.3 is 0 Å². The van der Waals surface area contributed by atoms with Gasteiger partial charge in [-0.15, -0.1) is 0 Å². The molecule has 2 aromatic heterocycles. The van der Waals surface area contributed by atoms with Gasteiger partial charge in [0.05, 0.1) is 12.8 Å².